The van der Waals surface area contributed by atoms with E-state index in [2.05, 4.69) is 20.7 Å². The van der Waals surface area contributed by atoms with Gasteiger partial charge in [0.25, 0.3) is 10.0 Å². The molecule has 0 saturated heterocycles. The maximum Gasteiger partial charge on any atom is 0.261 e. The van der Waals surface area contributed by atoms with Crippen LogP contribution in [0, 0.1) is 0 Å². The van der Waals surface area contributed by atoms with E-state index in [1.807, 2.05) is 0 Å². The van der Waals surface area contributed by atoms with Gasteiger partial charge in [0.05, 0.1) is 20.6 Å². The number of hydrogen-bond acceptors (Lipinski definition) is 2. The van der Waals surface area contributed by atoms with E-state index in [0.717, 1.165) is 0 Å². The van der Waals surface area contributed by atoms with Crippen LogP contribution in [-0.2, 0) is 10.0 Å². The predicted octanol–water partition coefficient (Wildman–Crippen LogP) is 5.21. The molecule has 0 spiro atoms. The highest BCUT2D eigenvalue weighted by atomic mass is 79.9. The molecule has 2 aromatic rings. The van der Waals surface area contributed by atoms with Crippen LogP contribution in [0.15, 0.2) is 45.8 Å². The van der Waals surface area contributed by atoms with Crippen molar-refractivity contribution in [1.82, 2.24) is 0 Å². The molecule has 20 heavy (non-hydrogen) atoms. The summed E-state index contributed by atoms with van der Waals surface area (Å²) in [6, 6.07) is 8.86. The minimum atomic E-state index is -3.77. The number of sulfonamides is 1. The van der Waals surface area contributed by atoms with Gasteiger partial charge in [0.15, 0.2) is 0 Å². The van der Waals surface area contributed by atoms with Crippen LogP contribution in [-0.4, -0.2) is 8.42 Å². The largest absolute Gasteiger partial charge is 0.278 e. The zero-order valence-electron chi connectivity index (χ0n) is 9.70. The molecule has 8 heteroatoms. The smallest absolute Gasteiger partial charge is 0.261 e. The van der Waals surface area contributed by atoms with Crippen LogP contribution >= 0.6 is 50.7 Å². The normalized spacial score (nSPS) is 11.4. The van der Waals surface area contributed by atoms with E-state index in [-0.39, 0.29) is 14.9 Å². The van der Waals surface area contributed by atoms with E-state index >= 15 is 0 Å². The van der Waals surface area contributed by atoms with Crippen LogP contribution < -0.4 is 4.72 Å². The summed E-state index contributed by atoms with van der Waals surface area (Å²) >= 11 is 20.7. The van der Waals surface area contributed by atoms with Crippen LogP contribution in [0.3, 0.4) is 0 Å². The SMILES string of the molecule is O=S(=O)(Nc1cc(Cl)ccc1Br)c1ccc(Cl)c(Cl)c1. The first-order valence-corrected chi connectivity index (χ1v) is 8.63. The van der Waals surface area contributed by atoms with Crippen molar-refractivity contribution in [1.29, 1.82) is 0 Å². The number of nitrogens with one attached hydrogen (secondary N) is 1. The van der Waals surface area contributed by atoms with Crippen LogP contribution in [0.4, 0.5) is 5.69 Å². The molecule has 0 fully saturated rings. The van der Waals surface area contributed by atoms with Crippen molar-refractivity contribution in [2.45, 2.75) is 4.90 Å². The van der Waals surface area contributed by atoms with Crippen molar-refractivity contribution in [3.63, 3.8) is 0 Å². The summed E-state index contributed by atoms with van der Waals surface area (Å²) in [6.45, 7) is 0. The van der Waals surface area contributed by atoms with Crippen molar-refractivity contribution < 1.29 is 8.42 Å². The number of anilines is 1. The van der Waals surface area contributed by atoms with Gasteiger partial charge in [0.1, 0.15) is 0 Å². The molecule has 2 aromatic carbocycles. The molecule has 0 aromatic heterocycles. The van der Waals surface area contributed by atoms with Gasteiger partial charge >= 0.3 is 0 Å². The number of halogens is 4. The number of hydrogen-bond donors (Lipinski definition) is 1. The monoisotopic (exact) mass is 413 g/mol. The molecule has 0 heterocycles. The van der Waals surface area contributed by atoms with Crippen molar-refractivity contribution in [2.24, 2.45) is 0 Å². The Kier molecular flexibility index (Phi) is 4.87. The molecule has 0 saturated carbocycles. The minimum absolute atomic E-state index is 0.0128. The fourth-order valence-corrected chi connectivity index (χ4v) is 3.53. The van der Waals surface area contributed by atoms with Gasteiger partial charge in [-0.25, -0.2) is 8.42 Å². The van der Waals surface area contributed by atoms with E-state index in [1.165, 1.54) is 24.3 Å². The van der Waals surface area contributed by atoms with Gasteiger partial charge in [0, 0.05) is 9.50 Å². The van der Waals surface area contributed by atoms with E-state index in [1.54, 1.807) is 12.1 Å². The Morgan fingerprint density at radius 3 is 2.30 bits per heavy atom. The second kappa shape index (κ2) is 6.12. The van der Waals surface area contributed by atoms with Crippen LogP contribution in [0.1, 0.15) is 0 Å². The summed E-state index contributed by atoms with van der Waals surface area (Å²) in [5.74, 6) is 0. The van der Waals surface area contributed by atoms with Crippen molar-refractivity contribution >= 4 is 66.4 Å². The summed E-state index contributed by atoms with van der Waals surface area (Å²) in [6.07, 6.45) is 0. The molecular formula is C12H7BrCl3NO2S. The fraction of sp³-hybridized carbons (Fsp3) is 0. The summed E-state index contributed by atoms with van der Waals surface area (Å²) in [5, 5.41) is 0.870. The van der Waals surface area contributed by atoms with Gasteiger partial charge in [-0.15, -0.1) is 0 Å². The van der Waals surface area contributed by atoms with Gasteiger partial charge in [-0.1, -0.05) is 34.8 Å². The van der Waals surface area contributed by atoms with Crippen LogP contribution in [0.5, 0.6) is 0 Å². The first-order valence-electron chi connectivity index (χ1n) is 5.22. The lowest BCUT2D eigenvalue weighted by molar-refractivity contribution is 0.601. The molecule has 0 atom stereocenters. The maximum atomic E-state index is 12.3. The average molecular weight is 416 g/mol. The molecule has 3 nitrogen and oxygen atoms in total. The Hall–Kier alpha value is -0.460. The maximum absolute atomic E-state index is 12.3. The van der Waals surface area contributed by atoms with Crippen molar-refractivity contribution in [2.75, 3.05) is 4.72 Å². The van der Waals surface area contributed by atoms with Crippen LogP contribution in [0.25, 0.3) is 0 Å². The highest BCUT2D eigenvalue weighted by Gasteiger charge is 2.17. The second-order valence-corrected chi connectivity index (χ2v) is 7.59. The van der Waals surface area contributed by atoms with Crippen molar-refractivity contribution in [3.05, 3.63) is 55.9 Å². The minimum Gasteiger partial charge on any atom is -0.278 e. The Bertz CT molecular complexity index is 765. The molecule has 106 valence electrons. The van der Waals surface area contributed by atoms with Crippen LogP contribution in [0.2, 0.25) is 15.1 Å². The lowest BCUT2D eigenvalue weighted by Crippen LogP contribution is -2.13. The lowest BCUT2D eigenvalue weighted by atomic mass is 10.3. The Labute approximate surface area is 140 Å². The summed E-state index contributed by atoms with van der Waals surface area (Å²) in [5.41, 5.74) is 0.337. The molecule has 0 amide bonds. The number of rotatable bonds is 3. The highest BCUT2D eigenvalue weighted by Crippen LogP contribution is 2.30. The van der Waals surface area contributed by atoms with Gasteiger partial charge < -0.3 is 0 Å². The van der Waals surface area contributed by atoms with Gasteiger partial charge in [-0.05, 0) is 52.3 Å². The van der Waals surface area contributed by atoms with Gasteiger partial charge in [0.2, 0.25) is 0 Å². The molecular weight excluding hydrogens is 408 g/mol. The van der Waals surface area contributed by atoms with E-state index in [0.29, 0.717) is 15.2 Å². The Morgan fingerprint density at radius 1 is 0.950 bits per heavy atom. The molecule has 0 bridgehead atoms. The highest BCUT2D eigenvalue weighted by molar-refractivity contribution is 9.10. The van der Waals surface area contributed by atoms with E-state index in [4.69, 9.17) is 34.8 Å². The third kappa shape index (κ3) is 3.59. The fourth-order valence-electron chi connectivity index (χ4n) is 1.42. The molecule has 2 rings (SSSR count). The second-order valence-electron chi connectivity index (χ2n) is 3.81. The number of benzene rings is 2. The first kappa shape index (κ1) is 15.9. The molecule has 0 aliphatic carbocycles. The lowest BCUT2D eigenvalue weighted by Gasteiger charge is -2.10. The third-order valence-electron chi connectivity index (χ3n) is 2.37. The summed E-state index contributed by atoms with van der Waals surface area (Å²) < 4.78 is 27.5. The molecule has 0 aliphatic heterocycles. The van der Waals surface area contributed by atoms with Gasteiger partial charge in [-0.2, -0.15) is 0 Å². The molecule has 0 unspecified atom stereocenters. The molecule has 0 radical (unpaired) electrons. The van der Waals surface area contributed by atoms with Crippen molar-refractivity contribution in [3.8, 4) is 0 Å². The van der Waals surface area contributed by atoms with E-state index in [9.17, 15) is 8.42 Å². The summed E-state index contributed by atoms with van der Waals surface area (Å²) in [7, 11) is -3.77. The zero-order chi connectivity index (χ0) is 14.9. The topological polar surface area (TPSA) is 46.2 Å². The summed E-state index contributed by atoms with van der Waals surface area (Å²) in [4.78, 5) is 0.0128. The predicted molar refractivity (Wildman–Crippen MR) is 86.4 cm³/mol. The Morgan fingerprint density at radius 2 is 1.65 bits per heavy atom. The quantitative estimate of drug-likeness (QED) is 0.748. The van der Waals surface area contributed by atoms with Gasteiger partial charge in [-0.3, -0.25) is 4.72 Å². The first-order chi connectivity index (χ1) is 9.29. The standard InChI is InChI=1S/C12H7BrCl3NO2S/c13-9-3-1-7(14)5-12(9)17-20(18,19)8-2-4-10(15)11(16)6-8/h1-6,17H. The molecule has 0 aliphatic rings. The molecule has 1 N–H and O–H groups in total. The Balaban J connectivity index is 2.40. The third-order valence-corrected chi connectivity index (χ3v) is 5.40. The van der Waals surface area contributed by atoms with E-state index < -0.39 is 10.0 Å². The zero-order valence-corrected chi connectivity index (χ0v) is 14.4. The average Bonchev–Trinajstić information content (AvgIpc) is 2.36.